The van der Waals surface area contributed by atoms with E-state index in [0.717, 1.165) is 11.3 Å². The van der Waals surface area contributed by atoms with Crippen LogP contribution < -0.4 is 5.32 Å². The minimum Gasteiger partial charge on any atom is -0.352 e. The highest BCUT2D eigenvalue weighted by Crippen LogP contribution is 2.19. The van der Waals surface area contributed by atoms with Gasteiger partial charge in [0.1, 0.15) is 0 Å². The molecule has 0 aliphatic carbocycles. The third kappa shape index (κ3) is 5.06. The van der Waals surface area contributed by atoms with Crippen LogP contribution in [0, 0.1) is 0 Å². The number of halogens is 1. The molecule has 0 fully saturated rings. The van der Waals surface area contributed by atoms with Gasteiger partial charge in [-0.15, -0.1) is 0 Å². The summed E-state index contributed by atoms with van der Waals surface area (Å²) in [6.45, 7) is 0.471. The molecule has 0 aliphatic rings. The van der Waals surface area contributed by atoms with E-state index in [0.29, 0.717) is 30.0 Å². The predicted octanol–water partition coefficient (Wildman–Crippen LogP) is 3.00. The second kappa shape index (κ2) is 8.45. The van der Waals surface area contributed by atoms with E-state index in [1.54, 1.807) is 43.4 Å². The highest BCUT2D eigenvalue weighted by molar-refractivity contribution is 6.30. The quantitative estimate of drug-likeness (QED) is 0.819. The Morgan fingerprint density at radius 3 is 2.42 bits per heavy atom. The van der Waals surface area contributed by atoms with Crippen molar-refractivity contribution in [1.82, 2.24) is 15.2 Å². The minimum atomic E-state index is -0.150. The van der Waals surface area contributed by atoms with E-state index >= 15 is 0 Å². The Balaban J connectivity index is 1.87. The first-order chi connectivity index (χ1) is 11.5. The number of rotatable bonds is 6. The van der Waals surface area contributed by atoms with Crippen molar-refractivity contribution in [3.8, 4) is 11.3 Å². The molecule has 0 radical (unpaired) electrons. The summed E-state index contributed by atoms with van der Waals surface area (Å²) in [7, 11) is 3.44. The zero-order chi connectivity index (χ0) is 17.5. The summed E-state index contributed by atoms with van der Waals surface area (Å²) in [5.41, 5.74) is 2.29. The van der Waals surface area contributed by atoms with Crippen LogP contribution in [-0.2, 0) is 4.79 Å². The predicted molar refractivity (Wildman–Crippen MR) is 94.9 cm³/mol. The molecule has 0 bridgehead atoms. The van der Waals surface area contributed by atoms with Gasteiger partial charge in [-0.1, -0.05) is 23.7 Å². The fourth-order valence-corrected chi connectivity index (χ4v) is 2.22. The summed E-state index contributed by atoms with van der Waals surface area (Å²) < 4.78 is 0. The molecule has 0 spiro atoms. The molecule has 5 nitrogen and oxygen atoms in total. The molecule has 1 N–H and O–H groups in total. The summed E-state index contributed by atoms with van der Waals surface area (Å²) in [6, 6.07) is 10.8. The van der Waals surface area contributed by atoms with Gasteiger partial charge in [-0.25, -0.2) is 0 Å². The van der Waals surface area contributed by atoms with Crippen molar-refractivity contribution in [2.75, 3.05) is 20.6 Å². The van der Waals surface area contributed by atoms with E-state index in [1.165, 1.54) is 0 Å². The summed E-state index contributed by atoms with van der Waals surface area (Å²) in [5, 5.41) is 3.40. The summed E-state index contributed by atoms with van der Waals surface area (Å²) in [5.74, 6) is -0.0908. The van der Waals surface area contributed by atoms with Gasteiger partial charge in [0.05, 0.1) is 10.7 Å². The van der Waals surface area contributed by atoms with Gasteiger partial charge in [-0.3, -0.25) is 14.6 Å². The molecule has 0 aliphatic heterocycles. The first-order valence-corrected chi connectivity index (χ1v) is 8.05. The van der Waals surface area contributed by atoms with Crippen LogP contribution in [0.15, 0.2) is 42.6 Å². The van der Waals surface area contributed by atoms with Crippen LogP contribution in [-0.4, -0.2) is 42.3 Å². The number of nitrogens with one attached hydrogen (secondary N) is 1. The van der Waals surface area contributed by atoms with Crippen LogP contribution in [0.3, 0.4) is 0 Å². The highest BCUT2D eigenvalue weighted by atomic mass is 35.5. The van der Waals surface area contributed by atoms with Gasteiger partial charge in [0.25, 0.3) is 5.91 Å². The molecule has 126 valence electrons. The molecule has 0 atom stereocenters. The maximum atomic E-state index is 12.1. The van der Waals surface area contributed by atoms with Crippen LogP contribution in [0.4, 0.5) is 0 Å². The van der Waals surface area contributed by atoms with Gasteiger partial charge in [0.2, 0.25) is 5.91 Å². The molecular weight excluding hydrogens is 326 g/mol. The van der Waals surface area contributed by atoms with Crippen molar-refractivity contribution in [1.29, 1.82) is 0 Å². The fraction of sp³-hybridized carbons (Fsp3) is 0.278. The average molecular weight is 346 g/mol. The second-order valence-electron chi connectivity index (χ2n) is 5.59. The summed E-state index contributed by atoms with van der Waals surface area (Å²) >= 11 is 5.82. The topological polar surface area (TPSA) is 62.3 Å². The molecule has 0 saturated carbocycles. The van der Waals surface area contributed by atoms with Crippen LogP contribution in [0.25, 0.3) is 11.3 Å². The smallest absolute Gasteiger partial charge is 0.251 e. The van der Waals surface area contributed by atoms with E-state index < -0.39 is 0 Å². The number of benzene rings is 1. The highest BCUT2D eigenvalue weighted by Gasteiger charge is 2.07. The van der Waals surface area contributed by atoms with Gasteiger partial charge >= 0.3 is 0 Å². The molecule has 2 rings (SSSR count). The third-order valence-corrected chi connectivity index (χ3v) is 3.75. The standard InChI is InChI=1S/C18H20ClN3O2/c1-22(2)17(23)4-3-11-20-18(24)14-7-5-13(6-8-14)16-10-9-15(19)12-21-16/h5-10,12H,3-4,11H2,1-2H3,(H,20,24). The van der Waals surface area contributed by atoms with E-state index in [9.17, 15) is 9.59 Å². The fourth-order valence-electron chi connectivity index (χ4n) is 2.11. The largest absolute Gasteiger partial charge is 0.352 e. The van der Waals surface area contributed by atoms with E-state index in [4.69, 9.17) is 11.6 Å². The van der Waals surface area contributed by atoms with Gasteiger partial charge in [-0.2, -0.15) is 0 Å². The number of hydrogen-bond donors (Lipinski definition) is 1. The van der Waals surface area contributed by atoms with E-state index in [1.807, 2.05) is 18.2 Å². The first kappa shape index (κ1) is 17.9. The number of hydrogen-bond acceptors (Lipinski definition) is 3. The van der Waals surface area contributed by atoms with Crippen molar-refractivity contribution >= 4 is 23.4 Å². The van der Waals surface area contributed by atoms with Gasteiger partial charge in [0, 0.05) is 44.4 Å². The SMILES string of the molecule is CN(C)C(=O)CCCNC(=O)c1ccc(-c2ccc(Cl)cn2)cc1. The van der Waals surface area contributed by atoms with Crippen molar-refractivity contribution in [3.63, 3.8) is 0 Å². The average Bonchev–Trinajstić information content (AvgIpc) is 2.59. The second-order valence-corrected chi connectivity index (χ2v) is 6.02. The van der Waals surface area contributed by atoms with Crippen LogP contribution in [0.2, 0.25) is 5.02 Å². The Kier molecular flexibility index (Phi) is 6.32. The lowest BCUT2D eigenvalue weighted by Gasteiger charge is -2.10. The van der Waals surface area contributed by atoms with Gasteiger partial charge < -0.3 is 10.2 Å². The molecule has 0 unspecified atom stereocenters. The maximum Gasteiger partial charge on any atom is 0.251 e. The number of aromatic nitrogens is 1. The molecule has 1 aromatic carbocycles. The number of carbonyl (C=O) groups is 2. The Morgan fingerprint density at radius 1 is 1.12 bits per heavy atom. The maximum absolute atomic E-state index is 12.1. The number of nitrogens with zero attached hydrogens (tertiary/aromatic N) is 2. The van der Waals surface area contributed by atoms with Crippen LogP contribution >= 0.6 is 11.6 Å². The number of carbonyl (C=O) groups excluding carboxylic acids is 2. The van der Waals surface area contributed by atoms with Gasteiger partial charge in [0.15, 0.2) is 0 Å². The molecular formula is C18H20ClN3O2. The Bertz CT molecular complexity index is 697. The number of pyridine rings is 1. The van der Waals surface area contributed by atoms with Crippen LogP contribution in [0.5, 0.6) is 0 Å². The molecule has 2 amide bonds. The van der Waals surface area contributed by atoms with E-state index in [2.05, 4.69) is 10.3 Å². The molecule has 1 heterocycles. The zero-order valence-electron chi connectivity index (χ0n) is 13.8. The lowest BCUT2D eigenvalue weighted by atomic mass is 10.1. The summed E-state index contributed by atoms with van der Waals surface area (Å²) in [4.78, 5) is 29.3. The molecule has 1 aromatic heterocycles. The molecule has 24 heavy (non-hydrogen) atoms. The Morgan fingerprint density at radius 2 is 1.83 bits per heavy atom. The van der Waals surface area contributed by atoms with E-state index in [-0.39, 0.29) is 11.8 Å². The molecule has 0 saturated heterocycles. The van der Waals surface area contributed by atoms with Crippen molar-refractivity contribution in [3.05, 3.63) is 53.2 Å². The zero-order valence-corrected chi connectivity index (χ0v) is 14.5. The Labute approximate surface area is 146 Å². The Hall–Kier alpha value is -2.40. The lowest BCUT2D eigenvalue weighted by molar-refractivity contribution is -0.128. The normalized spacial score (nSPS) is 10.3. The number of amides is 2. The summed E-state index contributed by atoms with van der Waals surface area (Å²) in [6.07, 6.45) is 2.64. The van der Waals surface area contributed by atoms with Gasteiger partial charge in [-0.05, 0) is 30.7 Å². The monoisotopic (exact) mass is 345 g/mol. The lowest BCUT2D eigenvalue weighted by Crippen LogP contribution is -2.27. The van der Waals surface area contributed by atoms with Crippen molar-refractivity contribution < 1.29 is 9.59 Å². The third-order valence-electron chi connectivity index (χ3n) is 3.52. The minimum absolute atomic E-state index is 0.0593. The van der Waals surface area contributed by atoms with Crippen LogP contribution in [0.1, 0.15) is 23.2 Å². The van der Waals surface area contributed by atoms with Crippen molar-refractivity contribution in [2.24, 2.45) is 0 Å². The molecule has 2 aromatic rings. The first-order valence-electron chi connectivity index (χ1n) is 7.67. The van der Waals surface area contributed by atoms with Crippen molar-refractivity contribution in [2.45, 2.75) is 12.8 Å². The molecule has 6 heteroatoms.